The van der Waals surface area contributed by atoms with Crippen molar-refractivity contribution in [1.82, 2.24) is 10.1 Å². The molecular formula is C14H17BrN2O2. The Morgan fingerprint density at radius 2 is 2.21 bits per heavy atom. The number of halogens is 1. The summed E-state index contributed by atoms with van der Waals surface area (Å²) in [5.74, 6) is 1.03. The number of hydrogen-bond donors (Lipinski definition) is 1. The van der Waals surface area contributed by atoms with E-state index in [2.05, 4.69) is 26.1 Å². The summed E-state index contributed by atoms with van der Waals surface area (Å²) in [5, 5.41) is 13.7. The van der Waals surface area contributed by atoms with E-state index >= 15 is 0 Å². The van der Waals surface area contributed by atoms with Gasteiger partial charge in [0.1, 0.15) is 0 Å². The summed E-state index contributed by atoms with van der Waals surface area (Å²) >= 11 is 3.48. The summed E-state index contributed by atoms with van der Waals surface area (Å²) in [6.07, 6.45) is 1.68. The highest BCUT2D eigenvalue weighted by atomic mass is 79.9. The van der Waals surface area contributed by atoms with Gasteiger partial charge in [-0.25, -0.2) is 0 Å². The molecule has 1 aromatic heterocycles. The lowest BCUT2D eigenvalue weighted by Gasteiger charge is -2.04. The van der Waals surface area contributed by atoms with Crippen molar-refractivity contribution >= 4 is 15.9 Å². The van der Waals surface area contributed by atoms with Crippen LogP contribution in [0.1, 0.15) is 31.2 Å². The number of aromatic nitrogens is 2. The molecule has 0 aliphatic carbocycles. The quantitative estimate of drug-likeness (QED) is 0.914. The Bertz CT molecular complexity index is 554. The summed E-state index contributed by atoms with van der Waals surface area (Å²) in [7, 11) is 0. The lowest BCUT2D eigenvalue weighted by atomic mass is 10.1. The topological polar surface area (TPSA) is 59.2 Å². The van der Waals surface area contributed by atoms with Crippen molar-refractivity contribution in [2.75, 3.05) is 0 Å². The Kier molecular flexibility index (Phi) is 4.71. The van der Waals surface area contributed by atoms with E-state index < -0.39 is 6.10 Å². The molecule has 0 spiro atoms. The van der Waals surface area contributed by atoms with E-state index in [-0.39, 0.29) is 0 Å². The molecule has 102 valence electrons. The zero-order chi connectivity index (χ0) is 13.8. The Morgan fingerprint density at radius 1 is 1.42 bits per heavy atom. The number of aryl methyl sites for hydroxylation is 1. The van der Waals surface area contributed by atoms with E-state index in [0.717, 1.165) is 28.4 Å². The van der Waals surface area contributed by atoms with E-state index in [0.29, 0.717) is 18.1 Å². The van der Waals surface area contributed by atoms with Crippen LogP contribution in [0.5, 0.6) is 0 Å². The summed E-state index contributed by atoms with van der Waals surface area (Å²) < 4.78 is 6.19. The third-order valence-corrected chi connectivity index (χ3v) is 3.78. The molecule has 1 atom stereocenters. The third-order valence-electron chi connectivity index (χ3n) is 2.93. The molecule has 0 saturated carbocycles. The van der Waals surface area contributed by atoms with E-state index in [9.17, 15) is 5.11 Å². The maximum Gasteiger partial charge on any atom is 0.229 e. The summed E-state index contributed by atoms with van der Waals surface area (Å²) in [5.41, 5.74) is 2.06. The molecular weight excluding hydrogens is 308 g/mol. The summed E-state index contributed by atoms with van der Waals surface area (Å²) in [4.78, 5) is 4.31. The first kappa shape index (κ1) is 14.2. The van der Waals surface area contributed by atoms with Gasteiger partial charge in [-0.2, -0.15) is 4.98 Å². The first-order chi connectivity index (χ1) is 9.10. The number of rotatable bonds is 5. The Morgan fingerprint density at radius 3 is 2.89 bits per heavy atom. The molecule has 19 heavy (non-hydrogen) atoms. The Balaban J connectivity index is 2.14. The summed E-state index contributed by atoms with van der Waals surface area (Å²) in [6.45, 7) is 4.06. The van der Waals surface area contributed by atoms with Crippen molar-refractivity contribution < 1.29 is 9.63 Å². The van der Waals surface area contributed by atoms with Crippen molar-refractivity contribution in [3.8, 4) is 11.4 Å². The van der Waals surface area contributed by atoms with Crippen molar-refractivity contribution in [2.45, 2.75) is 39.2 Å². The molecule has 0 aliphatic rings. The molecule has 0 saturated heterocycles. The first-order valence-corrected chi connectivity index (χ1v) is 7.16. The van der Waals surface area contributed by atoms with Crippen molar-refractivity contribution in [1.29, 1.82) is 0 Å². The number of nitrogens with zero attached hydrogens (tertiary/aromatic N) is 2. The van der Waals surface area contributed by atoms with Crippen LogP contribution in [-0.4, -0.2) is 21.4 Å². The maximum atomic E-state index is 9.73. The molecule has 1 aromatic carbocycles. The van der Waals surface area contributed by atoms with E-state index in [4.69, 9.17) is 4.52 Å². The van der Waals surface area contributed by atoms with Crippen LogP contribution in [0.2, 0.25) is 0 Å². The van der Waals surface area contributed by atoms with Crippen LogP contribution in [0, 0.1) is 6.92 Å². The Hall–Kier alpha value is -1.20. The van der Waals surface area contributed by atoms with Crippen LogP contribution in [-0.2, 0) is 6.42 Å². The van der Waals surface area contributed by atoms with Gasteiger partial charge in [0.25, 0.3) is 0 Å². The van der Waals surface area contributed by atoms with E-state index in [1.165, 1.54) is 0 Å². The Labute approximate surface area is 121 Å². The maximum absolute atomic E-state index is 9.73. The van der Waals surface area contributed by atoms with Crippen molar-refractivity contribution in [2.24, 2.45) is 0 Å². The van der Waals surface area contributed by atoms with Gasteiger partial charge in [-0.1, -0.05) is 46.6 Å². The molecule has 0 amide bonds. The second kappa shape index (κ2) is 6.30. The standard InChI is InChI=1S/C14H17BrN2O2/c1-3-4-11(18)8-13-16-14(17-19-13)10-6-5-9(2)12(15)7-10/h5-7,11,18H,3-4,8H2,1-2H3. The number of hydrogen-bond acceptors (Lipinski definition) is 4. The van der Waals surface area contributed by atoms with Crippen molar-refractivity contribution in [3.63, 3.8) is 0 Å². The molecule has 0 radical (unpaired) electrons. The fourth-order valence-electron chi connectivity index (χ4n) is 1.82. The smallest absolute Gasteiger partial charge is 0.229 e. The van der Waals surface area contributed by atoms with Crippen molar-refractivity contribution in [3.05, 3.63) is 34.1 Å². The zero-order valence-electron chi connectivity index (χ0n) is 11.1. The van der Waals surface area contributed by atoms with Crippen LogP contribution in [0.25, 0.3) is 11.4 Å². The van der Waals surface area contributed by atoms with Gasteiger partial charge in [-0.15, -0.1) is 0 Å². The predicted molar refractivity (Wildman–Crippen MR) is 76.8 cm³/mol. The van der Waals surface area contributed by atoms with E-state index in [1.807, 2.05) is 32.0 Å². The SMILES string of the molecule is CCCC(O)Cc1nc(-c2ccc(C)c(Br)c2)no1. The average molecular weight is 325 g/mol. The molecule has 1 heterocycles. The first-order valence-electron chi connectivity index (χ1n) is 6.37. The van der Waals surface area contributed by atoms with Gasteiger partial charge in [0.05, 0.1) is 12.5 Å². The normalized spacial score (nSPS) is 12.6. The van der Waals surface area contributed by atoms with Gasteiger partial charge in [-0.3, -0.25) is 0 Å². The molecule has 2 aromatic rings. The molecule has 0 bridgehead atoms. The van der Waals surface area contributed by atoms with Gasteiger partial charge >= 0.3 is 0 Å². The molecule has 0 fully saturated rings. The largest absolute Gasteiger partial charge is 0.393 e. The van der Waals surface area contributed by atoms with Gasteiger partial charge in [0, 0.05) is 10.0 Å². The molecule has 1 N–H and O–H groups in total. The average Bonchev–Trinajstić information content (AvgIpc) is 2.81. The second-order valence-corrected chi connectivity index (χ2v) is 5.48. The van der Waals surface area contributed by atoms with Crippen LogP contribution in [0.15, 0.2) is 27.2 Å². The van der Waals surface area contributed by atoms with Crippen LogP contribution in [0.3, 0.4) is 0 Å². The van der Waals surface area contributed by atoms with Gasteiger partial charge in [-0.05, 0) is 25.0 Å². The number of aliphatic hydroxyl groups is 1. The second-order valence-electron chi connectivity index (χ2n) is 4.62. The molecule has 2 rings (SSSR count). The molecule has 0 aliphatic heterocycles. The number of benzene rings is 1. The fraction of sp³-hybridized carbons (Fsp3) is 0.429. The lowest BCUT2D eigenvalue weighted by molar-refractivity contribution is 0.152. The molecule has 4 nitrogen and oxygen atoms in total. The highest BCUT2D eigenvalue weighted by Gasteiger charge is 2.13. The highest BCUT2D eigenvalue weighted by Crippen LogP contribution is 2.23. The van der Waals surface area contributed by atoms with Gasteiger partial charge in [0.2, 0.25) is 11.7 Å². The van der Waals surface area contributed by atoms with Crippen LogP contribution in [0.4, 0.5) is 0 Å². The minimum absolute atomic E-state index is 0.411. The zero-order valence-corrected chi connectivity index (χ0v) is 12.6. The highest BCUT2D eigenvalue weighted by molar-refractivity contribution is 9.10. The third kappa shape index (κ3) is 3.64. The molecule has 1 unspecified atom stereocenters. The van der Waals surface area contributed by atoms with Crippen LogP contribution >= 0.6 is 15.9 Å². The monoisotopic (exact) mass is 324 g/mol. The summed E-state index contributed by atoms with van der Waals surface area (Å²) in [6, 6.07) is 5.92. The minimum Gasteiger partial charge on any atom is -0.393 e. The number of aliphatic hydroxyl groups excluding tert-OH is 1. The minimum atomic E-state index is -0.414. The predicted octanol–water partition coefficient (Wildman–Crippen LogP) is 3.51. The van der Waals surface area contributed by atoms with Crippen LogP contribution < -0.4 is 0 Å². The van der Waals surface area contributed by atoms with Gasteiger partial charge in [0.15, 0.2) is 0 Å². The molecule has 5 heteroatoms. The van der Waals surface area contributed by atoms with Gasteiger partial charge < -0.3 is 9.63 Å². The lowest BCUT2D eigenvalue weighted by Crippen LogP contribution is -2.09. The van der Waals surface area contributed by atoms with E-state index in [1.54, 1.807) is 0 Å². The fourth-order valence-corrected chi connectivity index (χ4v) is 2.20.